The molecule has 2 aromatic heterocycles. The van der Waals surface area contributed by atoms with E-state index in [1.54, 1.807) is 23.1 Å². The zero-order chi connectivity index (χ0) is 10.8. The van der Waals surface area contributed by atoms with Gasteiger partial charge in [-0.25, -0.2) is 4.98 Å². The van der Waals surface area contributed by atoms with Crippen LogP contribution >= 0.6 is 23.4 Å². The zero-order valence-corrected chi connectivity index (χ0v) is 9.59. The topological polar surface area (TPSA) is 56.7 Å². The molecule has 2 rings (SSSR count). The van der Waals surface area contributed by atoms with E-state index in [0.29, 0.717) is 10.7 Å². The van der Waals surface area contributed by atoms with Gasteiger partial charge in [-0.05, 0) is 6.07 Å². The van der Waals surface area contributed by atoms with E-state index in [9.17, 15) is 0 Å². The highest BCUT2D eigenvalue weighted by molar-refractivity contribution is 7.99. The number of halogens is 1. The van der Waals surface area contributed by atoms with Gasteiger partial charge >= 0.3 is 0 Å². The molecule has 0 saturated heterocycles. The Balaban J connectivity index is 2.24. The Kier molecular flexibility index (Phi) is 2.83. The van der Waals surface area contributed by atoms with Crippen LogP contribution in [0.1, 0.15) is 0 Å². The SMILES string of the molecule is Cn1cc(Sc2ncc(Cl)cc2N)cn1. The van der Waals surface area contributed by atoms with Crippen LogP contribution in [-0.4, -0.2) is 14.8 Å². The predicted molar refractivity (Wildman–Crippen MR) is 61.0 cm³/mol. The van der Waals surface area contributed by atoms with Crippen molar-refractivity contribution in [2.45, 2.75) is 9.92 Å². The van der Waals surface area contributed by atoms with Crippen molar-refractivity contribution in [2.24, 2.45) is 7.05 Å². The molecule has 0 amide bonds. The number of nitrogens with two attached hydrogens (primary N) is 1. The van der Waals surface area contributed by atoms with Gasteiger partial charge in [0, 0.05) is 19.4 Å². The fraction of sp³-hybridized carbons (Fsp3) is 0.111. The van der Waals surface area contributed by atoms with Crippen LogP contribution in [0.15, 0.2) is 34.6 Å². The van der Waals surface area contributed by atoms with Crippen molar-refractivity contribution in [3.8, 4) is 0 Å². The summed E-state index contributed by atoms with van der Waals surface area (Å²) in [5.41, 5.74) is 6.36. The van der Waals surface area contributed by atoms with Crippen LogP contribution in [0.5, 0.6) is 0 Å². The number of rotatable bonds is 2. The minimum absolute atomic E-state index is 0.544. The third-order valence-corrected chi connectivity index (χ3v) is 2.93. The van der Waals surface area contributed by atoms with Crippen molar-refractivity contribution in [1.29, 1.82) is 0 Å². The maximum absolute atomic E-state index is 5.78. The number of aryl methyl sites for hydroxylation is 1. The summed E-state index contributed by atoms with van der Waals surface area (Å²) >= 11 is 7.22. The second kappa shape index (κ2) is 4.12. The summed E-state index contributed by atoms with van der Waals surface area (Å²) in [7, 11) is 1.86. The number of nitrogens with zero attached hydrogens (tertiary/aromatic N) is 3. The Morgan fingerprint density at radius 2 is 2.27 bits per heavy atom. The Bertz CT molecular complexity index is 483. The lowest BCUT2D eigenvalue weighted by Gasteiger charge is -2.01. The third-order valence-electron chi connectivity index (χ3n) is 1.74. The highest BCUT2D eigenvalue weighted by Crippen LogP contribution is 2.30. The zero-order valence-electron chi connectivity index (χ0n) is 8.01. The molecule has 0 saturated carbocycles. The van der Waals surface area contributed by atoms with Gasteiger partial charge < -0.3 is 5.73 Å². The molecular weight excluding hydrogens is 232 g/mol. The molecule has 0 aliphatic rings. The fourth-order valence-corrected chi connectivity index (χ4v) is 2.07. The number of pyridine rings is 1. The molecule has 0 unspecified atom stereocenters. The molecule has 2 N–H and O–H groups in total. The number of nitrogen functional groups attached to an aromatic ring is 1. The van der Waals surface area contributed by atoms with Crippen LogP contribution in [0.4, 0.5) is 5.69 Å². The molecule has 0 spiro atoms. The van der Waals surface area contributed by atoms with Crippen LogP contribution in [0, 0.1) is 0 Å². The van der Waals surface area contributed by atoms with E-state index < -0.39 is 0 Å². The molecular formula is C9H9ClN4S. The summed E-state index contributed by atoms with van der Waals surface area (Å²) in [6.07, 6.45) is 5.25. The molecule has 0 aromatic carbocycles. The second-order valence-corrected chi connectivity index (χ2v) is 4.50. The summed E-state index contributed by atoms with van der Waals surface area (Å²) in [5.74, 6) is 0. The Labute approximate surface area is 96.4 Å². The fourth-order valence-electron chi connectivity index (χ4n) is 1.09. The first-order valence-electron chi connectivity index (χ1n) is 4.22. The van der Waals surface area contributed by atoms with Gasteiger partial charge in [-0.15, -0.1) is 0 Å². The van der Waals surface area contributed by atoms with Gasteiger partial charge in [0.05, 0.1) is 21.8 Å². The summed E-state index contributed by atoms with van der Waals surface area (Å²) in [6.45, 7) is 0. The summed E-state index contributed by atoms with van der Waals surface area (Å²) in [5, 5.41) is 5.35. The molecule has 0 radical (unpaired) electrons. The van der Waals surface area contributed by atoms with E-state index in [-0.39, 0.29) is 0 Å². The smallest absolute Gasteiger partial charge is 0.124 e. The first-order valence-corrected chi connectivity index (χ1v) is 5.42. The van der Waals surface area contributed by atoms with Crippen LogP contribution < -0.4 is 5.73 Å². The van der Waals surface area contributed by atoms with E-state index in [0.717, 1.165) is 9.92 Å². The maximum atomic E-state index is 5.78. The number of aromatic nitrogens is 3. The van der Waals surface area contributed by atoms with Gasteiger partial charge in [0.2, 0.25) is 0 Å². The van der Waals surface area contributed by atoms with Crippen molar-refractivity contribution in [2.75, 3.05) is 5.73 Å². The normalized spacial score (nSPS) is 10.5. The van der Waals surface area contributed by atoms with Crippen LogP contribution in [0.3, 0.4) is 0 Å². The Morgan fingerprint density at radius 3 is 2.87 bits per heavy atom. The summed E-state index contributed by atoms with van der Waals surface area (Å²) < 4.78 is 1.73. The average Bonchev–Trinajstić information content (AvgIpc) is 2.56. The lowest BCUT2D eigenvalue weighted by Crippen LogP contribution is -1.91. The van der Waals surface area contributed by atoms with E-state index in [4.69, 9.17) is 17.3 Å². The molecule has 78 valence electrons. The quantitative estimate of drug-likeness (QED) is 0.875. The van der Waals surface area contributed by atoms with Crippen molar-refractivity contribution >= 4 is 29.1 Å². The van der Waals surface area contributed by atoms with Crippen molar-refractivity contribution in [3.63, 3.8) is 0 Å². The standard InChI is InChI=1S/C9H9ClN4S/c1-14-5-7(4-13-14)15-9-8(11)2-6(10)3-12-9/h2-5H,11H2,1H3. The number of hydrogen-bond acceptors (Lipinski definition) is 4. The van der Waals surface area contributed by atoms with E-state index in [1.165, 1.54) is 11.8 Å². The second-order valence-electron chi connectivity index (χ2n) is 3.00. The molecule has 6 heteroatoms. The largest absolute Gasteiger partial charge is 0.396 e. The first-order chi connectivity index (χ1) is 7.15. The van der Waals surface area contributed by atoms with E-state index >= 15 is 0 Å². The van der Waals surface area contributed by atoms with Crippen LogP contribution in [-0.2, 0) is 7.05 Å². The maximum Gasteiger partial charge on any atom is 0.124 e. The van der Waals surface area contributed by atoms with E-state index in [2.05, 4.69) is 10.1 Å². The van der Waals surface area contributed by atoms with Crippen molar-refractivity contribution < 1.29 is 0 Å². The third kappa shape index (κ3) is 2.43. The van der Waals surface area contributed by atoms with Gasteiger partial charge in [-0.1, -0.05) is 23.4 Å². The summed E-state index contributed by atoms with van der Waals surface area (Å²) in [6, 6.07) is 1.69. The minimum Gasteiger partial charge on any atom is -0.396 e. The van der Waals surface area contributed by atoms with Gasteiger partial charge in [0.1, 0.15) is 5.03 Å². The molecule has 0 atom stereocenters. The Morgan fingerprint density at radius 1 is 1.47 bits per heavy atom. The van der Waals surface area contributed by atoms with Gasteiger partial charge in [0.15, 0.2) is 0 Å². The molecule has 2 heterocycles. The molecule has 4 nitrogen and oxygen atoms in total. The van der Waals surface area contributed by atoms with Crippen molar-refractivity contribution in [3.05, 3.63) is 29.7 Å². The lowest BCUT2D eigenvalue weighted by atomic mass is 10.4. The monoisotopic (exact) mass is 240 g/mol. The van der Waals surface area contributed by atoms with Crippen LogP contribution in [0.2, 0.25) is 5.02 Å². The lowest BCUT2D eigenvalue weighted by molar-refractivity contribution is 0.766. The van der Waals surface area contributed by atoms with Crippen LogP contribution in [0.25, 0.3) is 0 Å². The predicted octanol–water partition coefficient (Wildman–Crippen LogP) is 2.20. The molecule has 0 fully saturated rings. The van der Waals surface area contributed by atoms with Gasteiger partial charge in [0.25, 0.3) is 0 Å². The summed E-state index contributed by atoms with van der Waals surface area (Å²) in [4.78, 5) is 5.15. The van der Waals surface area contributed by atoms with Gasteiger partial charge in [-0.3, -0.25) is 4.68 Å². The average molecular weight is 241 g/mol. The number of hydrogen-bond donors (Lipinski definition) is 1. The minimum atomic E-state index is 0.544. The molecule has 0 bridgehead atoms. The molecule has 15 heavy (non-hydrogen) atoms. The molecule has 0 aliphatic heterocycles. The van der Waals surface area contributed by atoms with Gasteiger partial charge in [-0.2, -0.15) is 5.10 Å². The van der Waals surface area contributed by atoms with E-state index in [1.807, 2.05) is 13.2 Å². The highest BCUT2D eigenvalue weighted by atomic mass is 35.5. The Hall–Kier alpha value is -1.20. The highest BCUT2D eigenvalue weighted by Gasteiger charge is 2.05. The van der Waals surface area contributed by atoms with Crippen molar-refractivity contribution in [1.82, 2.24) is 14.8 Å². The molecule has 0 aliphatic carbocycles. The molecule has 2 aromatic rings. The number of anilines is 1. The first kappa shape index (κ1) is 10.3.